The van der Waals surface area contributed by atoms with Crippen LogP contribution in [0.15, 0.2) is 71.3 Å². The number of halogens is 2. The highest BCUT2D eigenvalue weighted by Gasteiger charge is 2.24. The molecule has 2 amide bonds. The lowest BCUT2D eigenvalue weighted by Gasteiger charge is -2.32. The molecule has 1 atom stereocenters. The van der Waals surface area contributed by atoms with E-state index in [2.05, 4.69) is 58.7 Å². The average Bonchev–Trinajstić information content (AvgIpc) is 3.12. The molecule has 3 aromatic rings. The second kappa shape index (κ2) is 10.2. The SMILES string of the molecule is CC(C)C(C)N(Cc1cccn1Cc1cccc(Cl)c1)C(=O)Nc1cccc(Br)c1. The van der Waals surface area contributed by atoms with Gasteiger partial charge >= 0.3 is 6.03 Å². The van der Waals surface area contributed by atoms with Crippen LogP contribution in [0.5, 0.6) is 0 Å². The number of nitrogens with one attached hydrogen (secondary N) is 1. The van der Waals surface area contributed by atoms with Gasteiger partial charge in [-0.25, -0.2) is 4.79 Å². The Labute approximate surface area is 192 Å². The summed E-state index contributed by atoms with van der Waals surface area (Å²) in [5, 5.41) is 3.76. The van der Waals surface area contributed by atoms with Crippen LogP contribution in [0.4, 0.5) is 10.5 Å². The molecule has 1 N–H and O–H groups in total. The van der Waals surface area contributed by atoms with Crippen molar-refractivity contribution < 1.29 is 4.79 Å². The number of aromatic nitrogens is 1. The number of urea groups is 1. The van der Waals surface area contributed by atoms with E-state index < -0.39 is 0 Å². The summed E-state index contributed by atoms with van der Waals surface area (Å²) < 4.78 is 3.09. The molecule has 0 aliphatic carbocycles. The van der Waals surface area contributed by atoms with Gasteiger partial charge in [0, 0.05) is 39.7 Å². The molecule has 1 unspecified atom stereocenters. The summed E-state index contributed by atoms with van der Waals surface area (Å²) in [6, 6.07) is 19.6. The van der Waals surface area contributed by atoms with Crippen LogP contribution in [0, 0.1) is 5.92 Å². The van der Waals surface area contributed by atoms with Crippen LogP contribution in [0.25, 0.3) is 0 Å². The Morgan fingerprint density at radius 1 is 1.10 bits per heavy atom. The molecule has 0 aliphatic rings. The van der Waals surface area contributed by atoms with Gasteiger partial charge in [-0.1, -0.05) is 59.6 Å². The van der Waals surface area contributed by atoms with Gasteiger partial charge < -0.3 is 14.8 Å². The Balaban J connectivity index is 1.80. The zero-order chi connectivity index (χ0) is 21.7. The van der Waals surface area contributed by atoms with Crippen LogP contribution in [-0.2, 0) is 13.1 Å². The number of amides is 2. The molecule has 0 saturated carbocycles. The van der Waals surface area contributed by atoms with E-state index in [0.29, 0.717) is 19.0 Å². The number of carbonyl (C=O) groups is 1. The Morgan fingerprint density at radius 2 is 1.87 bits per heavy atom. The van der Waals surface area contributed by atoms with E-state index >= 15 is 0 Å². The maximum absolute atomic E-state index is 13.2. The molecule has 3 rings (SSSR count). The van der Waals surface area contributed by atoms with Crippen molar-refractivity contribution in [3.8, 4) is 0 Å². The van der Waals surface area contributed by atoms with Gasteiger partial charge in [0.1, 0.15) is 0 Å². The molecule has 30 heavy (non-hydrogen) atoms. The van der Waals surface area contributed by atoms with Gasteiger partial charge in [0.15, 0.2) is 0 Å². The normalized spacial score (nSPS) is 12.1. The third-order valence-corrected chi connectivity index (χ3v) is 6.02. The van der Waals surface area contributed by atoms with E-state index in [1.807, 2.05) is 59.6 Å². The number of anilines is 1. The van der Waals surface area contributed by atoms with E-state index in [1.165, 1.54) is 0 Å². The lowest BCUT2D eigenvalue weighted by atomic mass is 10.0. The number of rotatable bonds is 7. The van der Waals surface area contributed by atoms with Crippen molar-refractivity contribution in [2.24, 2.45) is 5.92 Å². The fourth-order valence-electron chi connectivity index (χ4n) is 3.28. The number of nitrogens with zero attached hydrogens (tertiary/aromatic N) is 2. The Hall–Kier alpha value is -2.24. The molecule has 4 nitrogen and oxygen atoms in total. The predicted octanol–water partition coefficient (Wildman–Crippen LogP) is 7.03. The van der Waals surface area contributed by atoms with Crippen molar-refractivity contribution in [3.05, 3.63) is 87.6 Å². The van der Waals surface area contributed by atoms with Gasteiger partial charge in [-0.05, 0) is 60.9 Å². The Bertz CT molecular complexity index is 1000. The standard InChI is InChI=1S/C24H27BrClN3O/c1-17(2)18(3)29(24(30)27-22-10-5-8-20(25)14-22)16-23-11-6-12-28(23)15-19-7-4-9-21(26)13-19/h4-14,17-18H,15-16H2,1-3H3,(H,27,30). The van der Waals surface area contributed by atoms with Gasteiger partial charge in [-0.3, -0.25) is 0 Å². The minimum atomic E-state index is -0.107. The van der Waals surface area contributed by atoms with Gasteiger partial charge in [-0.15, -0.1) is 0 Å². The van der Waals surface area contributed by atoms with Gasteiger partial charge in [0.2, 0.25) is 0 Å². The molecule has 2 aromatic carbocycles. The molecule has 0 bridgehead atoms. The highest BCUT2D eigenvalue weighted by atomic mass is 79.9. The molecule has 0 fully saturated rings. The minimum absolute atomic E-state index is 0.0756. The average molecular weight is 489 g/mol. The summed E-state index contributed by atoms with van der Waals surface area (Å²) in [5.41, 5.74) is 2.97. The largest absolute Gasteiger partial charge is 0.345 e. The number of benzene rings is 2. The molecule has 158 valence electrons. The second-order valence-corrected chi connectivity index (χ2v) is 9.16. The number of carbonyl (C=O) groups excluding carboxylic acids is 1. The van der Waals surface area contributed by atoms with Crippen LogP contribution in [-0.4, -0.2) is 21.5 Å². The lowest BCUT2D eigenvalue weighted by molar-refractivity contribution is 0.168. The van der Waals surface area contributed by atoms with Crippen LogP contribution in [0.2, 0.25) is 5.02 Å². The molecule has 1 heterocycles. The van der Waals surface area contributed by atoms with E-state index in [4.69, 9.17) is 11.6 Å². The molecular formula is C24H27BrClN3O. The third kappa shape index (κ3) is 5.89. The monoisotopic (exact) mass is 487 g/mol. The fourth-order valence-corrected chi connectivity index (χ4v) is 3.89. The second-order valence-electron chi connectivity index (χ2n) is 7.81. The molecule has 0 radical (unpaired) electrons. The maximum atomic E-state index is 13.2. The lowest BCUT2D eigenvalue weighted by Crippen LogP contribution is -2.43. The predicted molar refractivity (Wildman–Crippen MR) is 128 cm³/mol. The van der Waals surface area contributed by atoms with Crippen molar-refractivity contribution in [2.75, 3.05) is 5.32 Å². The number of hydrogen-bond donors (Lipinski definition) is 1. The van der Waals surface area contributed by atoms with E-state index in [1.54, 1.807) is 0 Å². The summed E-state index contributed by atoms with van der Waals surface area (Å²) >= 11 is 9.60. The first-order valence-electron chi connectivity index (χ1n) is 10.0. The number of hydrogen-bond acceptors (Lipinski definition) is 1. The van der Waals surface area contributed by atoms with Gasteiger partial charge in [0.25, 0.3) is 0 Å². The third-order valence-electron chi connectivity index (χ3n) is 5.29. The van der Waals surface area contributed by atoms with Crippen molar-refractivity contribution >= 4 is 39.2 Å². The van der Waals surface area contributed by atoms with Crippen molar-refractivity contribution in [1.29, 1.82) is 0 Å². The zero-order valence-electron chi connectivity index (χ0n) is 17.5. The molecule has 0 saturated heterocycles. The summed E-state index contributed by atoms with van der Waals surface area (Å²) in [5.74, 6) is 0.328. The van der Waals surface area contributed by atoms with Crippen LogP contribution < -0.4 is 5.32 Å². The quantitative estimate of drug-likeness (QED) is 0.381. The molecule has 0 aliphatic heterocycles. The van der Waals surface area contributed by atoms with Crippen molar-refractivity contribution in [1.82, 2.24) is 9.47 Å². The summed E-state index contributed by atoms with van der Waals surface area (Å²) in [7, 11) is 0. The van der Waals surface area contributed by atoms with Crippen LogP contribution >= 0.6 is 27.5 Å². The molecule has 6 heteroatoms. The first kappa shape index (κ1) is 22.4. The van der Waals surface area contributed by atoms with Crippen LogP contribution in [0.1, 0.15) is 32.0 Å². The molecule has 1 aromatic heterocycles. The van der Waals surface area contributed by atoms with Gasteiger partial charge in [0.05, 0.1) is 6.54 Å². The van der Waals surface area contributed by atoms with E-state index in [-0.39, 0.29) is 12.1 Å². The Kier molecular flexibility index (Phi) is 7.62. The smallest absolute Gasteiger partial charge is 0.322 e. The summed E-state index contributed by atoms with van der Waals surface area (Å²) in [4.78, 5) is 15.1. The molecular weight excluding hydrogens is 462 g/mol. The van der Waals surface area contributed by atoms with E-state index in [0.717, 1.165) is 26.4 Å². The fraction of sp³-hybridized carbons (Fsp3) is 0.292. The van der Waals surface area contributed by atoms with Crippen molar-refractivity contribution in [3.63, 3.8) is 0 Å². The van der Waals surface area contributed by atoms with Crippen molar-refractivity contribution in [2.45, 2.75) is 39.9 Å². The summed E-state index contributed by atoms with van der Waals surface area (Å²) in [6.45, 7) is 7.59. The van der Waals surface area contributed by atoms with Gasteiger partial charge in [-0.2, -0.15) is 0 Å². The first-order chi connectivity index (χ1) is 14.3. The maximum Gasteiger partial charge on any atom is 0.322 e. The topological polar surface area (TPSA) is 37.3 Å². The minimum Gasteiger partial charge on any atom is -0.345 e. The zero-order valence-corrected chi connectivity index (χ0v) is 19.8. The first-order valence-corrected chi connectivity index (χ1v) is 11.2. The highest BCUT2D eigenvalue weighted by Crippen LogP contribution is 2.21. The highest BCUT2D eigenvalue weighted by molar-refractivity contribution is 9.10. The molecule has 0 spiro atoms. The Morgan fingerprint density at radius 3 is 2.57 bits per heavy atom. The van der Waals surface area contributed by atoms with Crippen LogP contribution in [0.3, 0.4) is 0 Å². The summed E-state index contributed by atoms with van der Waals surface area (Å²) in [6.07, 6.45) is 2.04. The van der Waals surface area contributed by atoms with E-state index in [9.17, 15) is 4.79 Å².